The maximum Gasteiger partial charge on any atom is 0.249 e. The molecule has 0 aromatic carbocycles. The van der Waals surface area contributed by atoms with E-state index in [9.17, 15) is 0 Å². The molecule has 0 aliphatic rings. The van der Waals surface area contributed by atoms with Crippen LogP contribution in [0.4, 0.5) is 0 Å². The lowest BCUT2D eigenvalue weighted by atomic mass is 10.5. The van der Waals surface area contributed by atoms with Crippen molar-refractivity contribution in [1.29, 1.82) is 0 Å². The average Bonchev–Trinajstić information content (AvgIpc) is 1.99. The summed E-state index contributed by atoms with van der Waals surface area (Å²) in [5.74, 6) is 0. The predicted molar refractivity (Wildman–Crippen MR) is 51.5 cm³/mol. The lowest BCUT2D eigenvalue weighted by molar-refractivity contribution is 0.310. The zero-order valence-electron chi connectivity index (χ0n) is 6.68. The normalized spacial score (nSPS) is 11.1. The zero-order chi connectivity index (χ0) is 7.82. The molecule has 0 aromatic heterocycles. The van der Waals surface area contributed by atoms with E-state index in [4.69, 9.17) is 11.8 Å². The van der Waals surface area contributed by atoms with Gasteiger partial charge in [-0.3, -0.25) is 0 Å². The summed E-state index contributed by atoms with van der Waals surface area (Å²) in [4.78, 5) is 2.38. The molecule has 0 aliphatic heterocycles. The van der Waals surface area contributed by atoms with Crippen LogP contribution in [0.5, 0.6) is 0 Å². The molecule has 1 unspecified atom stereocenters. The van der Waals surface area contributed by atoms with E-state index < -0.39 is 0 Å². The maximum absolute atomic E-state index is 4.77. The molecule has 10 heavy (non-hydrogen) atoms. The van der Waals surface area contributed by atoms with E-state index in [1.807, 2.05) is 0 Å². The van der Waals surface area contributed by atoms with Crippen molar-refractivity contribution in [2.24, 2.45) is 0 Å². The van der Waals surface area contributed by atoms with Crippen molar-refractivity contribution >= 4 is 19.3 Å². The van der Waals surface area contributed by atoms with Crippen molar-refractivity contribution in [3.8, 4) is 0 Å². The number of nitrogens with zero attached hydrogens (tertiary/aromatic N) is 1. The number of rotatable bonds is 6. The second kappa shape index (κ2) is 7.55. The van der Waals surface area contributed by atoms with Gasteiger partial charge in [0.1, 0.15) is 0 Å². The highest BCUT2D eigenvalue weighted by Gasteiger charge is 1.97. The van der Waals surface area contributed by atoms with E-state index in [1.165, 1.54) is 0 Å². The average molecular weight is 179 g/mol. The molecule has 0 saturated carbocycles. The topological polar surface area (TPSA) is 15.3 Å². The minimum Gasteiger partial charge on any atom is -0.302 e. The second-order valence-corrected chi connectivity index (χ2v) is 3.23. The van der Waals surface area contributed by atoms with Crippen LogP contribution in [0.25, 0.3) is 0 Å². The first-order valence-electron chi connectivity index (χ1n) is 3.67. The van der Waals surface area contributed by atoms with Gasteiger partial charge in [-0.15, -0.1) is 5.09 Å². The van der Waals surface area contributed by atoms with Gasteiger partial charge in [-0.2, -0.15) is 0 Å². The molecular formula is C6H16N2PS+. The van der Waals surface area contributed by atoms with Gasteiger partial charge in [-0.25, -0.2) is 0 Å². The zero-order valence-corrected chi connectivity index (χ0v) is 8.50. The molecule has 0 spiro atoms. The lowest BCUT2D eigenvalue weighted by Gasteiger charge is -2.15. The molecule has 1 N–H and O–H groups in total. The standard InChI is InChI=1S/C6H15N2PS/c1-3-8(4-2)6-5-7-9-10/h3-6H2,1-2H3,(H,7,10)/p+1. The largest absolute Gasteiger partial charge is 0.302 e. The van der Waals surface area contributed by atoms with E-state index in [0.29, 0.717) is 7.51 Å². The first-order chi connectivity index (χ1) is 4.85. The summed E-state index contributed by atoms with van der Waals surface area (Å²) in [7, 11) is 0.467. The Bertz CT molecular complexity index is 85.8. The minimum atomic E-state index is 0.467. The molecular weight excluding hydrogens is 163 g/mol. The van der Waals surface area contributed by atoms with Crippen LogP contribution in [0.2, 0.25) is 0 Å². The molecule has 0 fully saturated rings. The number of hydrogen-bond acceptors (Lipinski definition) is 2. The molecule has 0 bridgehead atoms. The van der Waals surface area contributed by atoms with Gasteiger partial charge in [0.2, 0.25) is 7.51 Å². The van der Waals surface area contributed by atoms with Crippen molar-refractivity contribution in [3.63, 3.8) is 0 Å². The smallest absolute Gasteiger partial charge is 0.249 e. The van der Waals surface area contributed by atoms with Crippen LogP contribution >= 0.6 is 7.51 Å². The second-order valence-electron chi connectivity index (χ2n) is 2.06. The SMILES string of the molecule is CCN(CC)CCN[PH+]=S. The Kier molecular flexibility index (Phi) is 7.88. The van der Waals surface area contributed by atoms with Crippen LogP contribution in [0.15, 0.2) is 0 Å². The Morgan fingerprint density at radius 2 is 2.00 bits per heavy atom. The maximum atomic E-state index is 4.77. The fraction of sp³-hybridized carbons (Fsp3) is 1.00. The fourth-order valence-electron chi connectivity index (χ4n) is 0.805. The highest BCUT2D eigenvalue weighted by molar-refractivity contribution is 7.95. The van der Waals surface area contributed by atoms with Crippen LogP contribution < -0.4 is 5.09 Å². The molecule has 0 saturated heterocycles. The van der Waals surface area contributed by atoms with E-state index in [0.717, 1.165) is 26.2 Å². The Hall–Kier alpha value is 0.440. The molecule has 60 valence electrons. The van der Waals surface area contributed by atoms with Gasteiger partial charge < -0.3 is 4.90 Å². The summed E-state index contributed by atoms with van der Waals surface area (Å²) < 4.78 is 0. The van der Waals surface area contributed by atoms with Crippen LogP contribution in [0.3, 0.4) is 0 Å². The molecule has 4 heteroatoms. The van der Waals surface area contributed by atoms with Gasteiger partial charge in [0.15, 0.2) is 11.8 Å². The molecule has 0 amide bonds. The predicted octanol–water partition coefficient (Wildman–Crippen LogP) is 0.973. The minimum absolute atomic E-state index is 0.467. The van der Waals surface area contributed by atoms with Crippen molar-refractivity contribution < 1.29 is 0 Å². The molecule has 0 heterocycles. The molecule has 0 radical (unpaired) electrons. The third kappa shape index (κ3) is 5.24. The van der Waals surface area contributed by atoms with Crippen LogP contribution in [-0.4, -0.2) is 31.1 Å². The highest BCUT2D eigenvalue weighted by atomic mass is 32.4. The van der Waals surface area contributed by atoms with E-state index in [-0.39, 0.29) is 0 Å². The number of hydrogen-bond donors (Lipinski definition) is 1. The van der Waals surface area contributed by atoms with Gasteiger partial charge in [-0.05, 0) is 13.1 Å². The molecule has 0 rings (SSSR count). The summed E-state index contributed by atoms with van der Waals surface area (Å²) in [6.45, 7) is 8.79. The Morgan fingerprint density at radius 1 is 1.40 bits per heavy atom. The van der Waals surface area contributed by atoms with Gasteiger partial charge in [0.05, 0.1) is 6.54 Å². The van der Waals surface area contributed by atoms with Crippen LogP contribution in [0, 0.1) is 0 Å². The Labute approximate surface area is 69.9 Å². The van der Waals surface area contributed by atoms with Gasteiger partial charge >= 0.3 is 0 Å². The fourth-order valence-corrected chi connectivity index (χ4v) is 1.32. The van der Waals surface area contributed by atoms with E-state index in [2.05, 4.69) is 23.8 Å². The van der Waals surface area contributed by atoms with Crippen molar-refractivity contribution in [3.05, 3.63) is 0 Å². The van der Waals surface area contributed by atoms with Gasteiger partial charge in [0.25, 0.3) is 0 Å². The first kappa shape index (κ1) is 10.4. The molecule has 0 aromatic rings. The Balaban J connectivity index is 3.16. The van der Waals surface area contributed by atoms with E-state index in [1.54, 1.807) is 0 Å². The van der Waals surface area contributed by atoms with Crippen molar-refractivity contribution in [1.82, 2.24) is 9.99 Å². The van der Waals surface area contributed by atoms with Gasteiger partial charge in [0, 0.05) is 6.54 Å². The summed E-state index contributed by atoms with van der Waals surface area (Å²) >= 11 is 4.77. The van der Waals surface area contributed by atoms with Crippen LogP contribution in [-0.2, 0) is 11.8 Å². The third-order valence-corrected chi connectivity index (χ3v) is 2.35. The monoisotopic (exact) mass is 179 g/mol. The summed E-state index contributed by atoms with van der Waals surface area (Å²) in [5.41, 5.74) is 0. The number of likely N-dealkylation sites (N-methyl/N-ethyl adjacent to an activating group) is 1. The molecule has 0 aliphatic carbocycles. The van der Waals surface area contributed by atoms with Crippen molar-refractivity contribution in [2.75, 3.05) is 26.2 Å². The quantitative estimate of drug-likeness (QED) is 0.483. The highest BCUT2D eigenvalue weighted by Crippen LogP contribution is 1.86. The third-order valence-electron chi connectivity index (χ3n) is 1.52. The summed E-state index contributed by atoms with van der Waals surface area (Å²) in [6, 6.07) is 0. The summed E-state index contributed by atoms with van der Waals surface area (Å²) in [6.07, 6.45) is 0. The van der Waals surface area contributed by atoms with Crippen LogP contribution in [0.1, 0.15) is 13.8 Å². The van der Waals surface area contributed by atoms with Gasteiger partial charge in [-0.1, -0.05) is 13.8 Å². The first-order valence-corrected chi connectivity index (χ1v) is 5.80. The molecule has 2 nitrogen and oxygen atoms in total. The molecule has 1 atom stereocenters. The lowest BCUT2D eigenvalue weighted by Crippen LogP contribution is -2.29. The number of nitrogens with one attached hydrogen (secondary N) is 1. The van der Waals surface area contributed by atoms with Crippen molar-refractivity contribution in [2.45, 2.75) is 13.8 Å². The summed E-state index contributed by atoms with van der Waals surface area (Å²) in [5, 5.41) is 3.15. The Morgan fingerprint density at radius 3 is 2.40 bits per heavy atom. The van der Waals surface area contributed by atoms with E-state index >= 15 is 0 Å².